The third kappa shape index (κ3) is 3.95. The number of hydrogen-bond acceptors (Lipinski definition) is 2. The van der Waals surface area contributed by atoms with E-state index >= 15 is 0 Å². The van der Waals surface area contributed by atoms with Crippen molar-refractivity contribution < 1.29 is 9.59 Å². The van der Waals surface area contributed by atoms with Crippen LogP contribution in [0.2, 0.25) is 0 Å². The molecule has 0 heterocycles. The highest BCUT2D eigenvalue weighted by Gasteiger charge is 2.15. The summed E-state index contributed by atoms with van der Waals surface area (Å²) in [5.41, 5.74) is 4.81. The van der Waals surface area contributed by atoms with Gasteiger partial charge in [-0.1, -0.05) is 20.3 Å². The highest BCUT2D eigenvalue weighted by molar-refractivity contribution is 5.94. The molecule has 0 aromatic rings. The first-order valence-corrected chi connectivity index (χ1v) is 4.22. The Morgan fingerprint density at radius 1 is 1.42 bits per heavy atom. The van der Waals surface area contributed by atoms with Gasteiger partial charge < -0.3 is 5.73 Å². The van der Waals surface area contributed by atoms with Crippen LogP contribution in [0, 0.1) is 5.92 Å². The number of hydrogen-bond donors (Lipinski definition) is 2. The van der Waals surface area contributed by atoms with E-state index < -0.39 is 6.03 Å². The molecule has 0 aliphatic rings. The smallest absolute Gasteiger partial charge is 0.318 e. The van der Waals surface area contributed by atoms with Crippen molar-refractivity contribution in [2.45, 2.75) is 33.1 Å². The minimum atomic E-state index is -0.769. The molecule has 12 heavy (non-hydrogen) atoms. The topological polar surface area (TPSA) is 72.2 Å². The Labute approximate surface area is 72.5 Å². The Kier molecular flexibility index (Phi) is 5.08. The average molecular weight is 172 g/mol. The molecule has 0 saturated heterocycles. The minimum absolute atomic E-state index is 0.0810. The van der Waals surface area contributed by atoms with Gasteiger partial charge in [-0.25, -0.2) is 4.79 Å². The van der Waals surface area contributed by atoms with Gasteiger partial charge in [0.2, 0.25) is 5.91 Å². The van der Waals surface area contributed by atoms with Gasteiger partial charge in [0, 0.05) is 5.92 Å². The van der Waals surface area contributed by atoms with Crippen LogP contribution in [0.4, 0.5) is 4.79 Å². The van der Waals surface area contributed by atoms with Crippen LogP contribution >= 0.6 is 0 Å². The Bertz CT molecular complexity index is 168. The molecule has 0 aromatic carbocycles. The molecule has 0 radical (unpaired) electrons. The lowest BCUT2D eigenvalue weighted by Gasteiger charge is -2.11. The fraction of sp³-hybridized carbons (Fsp3) is 0.750. The quantitative estimate of drug-likeness (QED) is 0.664. The average Bonchev–Trinajstić information content (AvgIpc) is 1.98. The van der Waals surface area contributed by atoms with Crippen molar-refractivity contribution in [3.8, 4) is 0 Å². The van der Waals surface area contributed by atoms with Gasteiger partial charge in [0.05, 0.1) is 0 Å². The second kappa shape index (κ2) is 5.57. The number of rotatable bonds is 4. The Balaban J connectivity index is 3.93. The Hall–Kier alpha value is -1.06. The van der Waals surface area contributed by atoms with Crippen LogP contribution in [0.5, 0.6) is 0 Å². The van der Waals surface area contributed by atoms with Crippen molar-refractivity contribution in [3.63, 3.8) is 0 Å². The molecule has 0 bridgehead atoms. The van der Waals surface area contributed by atoms with Gasteiger partial charge in [-0.3, -0.25) is 10.1 Å². The molecule has 3 N–H and O–H groups in total. The summed E-state index contributed by atoms with van der Waals surface area (Å²) in [6.07, 6.45) is 2.48. The summed E-state index contributed by atoms with van der Waals surface area (Å²) in [4.78, 5) is 21.5. The second-order valence-corrected chi connectivity index (χ2v) is 2.75. The van der Waals surface area contributed by atoms with E-state index in [0.29, 0.717) is 0 Å². The van der Waals surface area contributed by atoms with E-state index in [1.807, 2.05) is 13.8 Å². The Morgan fingerprint density at radius 3 is 2.33 bits per heavy atom. The molecular formula is C8H16N2O2. The maximum absolute atomic E-state index is 11.2. The normalized spacial score (nSPS) is 12.2. The number of carbonyl (C=O) groups excluding carboxylic acids is 2. The second-order valence-electron chi connectivity index (χ2n) is 2.75. The predicted molar refractivity (Wildman–Crippen MR) is 46.4 cm³/mol. The van der Waals surface area contributed by atoms with Gasteiger partial charge in [0.1, 0.15) is 0 Å². The van der Waals surface area contributed by atoms with Crippen molar-refractivity contribution in [2.24, 2.45) is 11.7 Å². The molecule has 0 fully saturated rings. The van der Waals surface area contributed by atoms with Gasteiger partial charge in [0.15, 0.2) is 0 Å². The zero-order chi connectivity index (χ0) is 9.56. The maximum Gasteiger partial charge on any atom is 0.318 e. The fourth-order valence-corrected chi connectivity index (χ4v) is 1.09. The van der Waals surface area contributed by atoms with Crippen molar-refractivity contribution >= 4 is 11.9 Å². The van der Waals surface area contributed by atoms with Gasteiger partial charge in [0.25, 0.3) is 0 Å². The summed E-state index contributed by atoms with van der Waals surface area (Å²) in [6, 6.07) is -0.769. The molecule has 0 aliphatic carbocycles. The molecule has 70 valence electrons. The third-order valence-electron chi connectivity index (χ3n) is 1.75. The van der Waals surface area contributed by atoms with Crippen LogP contribution in [-0.2, 0) is 4.79 Å². The van der Waals surface area contributed by atoms with Crippen molar-refractivity contribution in [1.82, 2.24) is 5.32 Å². The van der Waals surface area contributed by atoms with E-state index in [0.717, 1.165) is 19.3 Å². The SMILES string of the molecule is CCC[C@@H](CC)C(=O)NC(N)=O. The van der Waals surface area contributed by atoms with Crippen molar-refractivity contribution in [1.29, 1.82) is 0 Å². The molecule has 0 saturated carbocycles. The van der Waals surface area contributed by atoms with E-state index in [4.69, 9.17) is 5.73 Å². The van der Waals surface area contributed by atoms with Crippen molar-refractivity contribution in [3.05, 3.63) is 0 Å². The summed E-state index contributed by atoms with van der Waals surface area (Å²) >= 11 is 0. The largest absolute Gasteiger partial charge is 0.351 e. The molecule has 4 heteroatoms. The van der Waals surface area contributed by atoms with Crippen LogP contribution in [0.25, 0.3) is 0 Å². The minimum Gasteiger partial charge on any atom is -0.351 e. The fourth-order valence-electron chi connectivity index (χ4n) is 1.09. The van der Waals surface area contributed by atoms with Gasteiger partial charge in [-0.15, -0.1) is 0 Å². The summed E-state index contributed by atoms with van der Waals surface area (Å²) in [6.45, 7) is 3.92. The van der Waals surface area contributed by atoms with Crippen LogP contribution in [0.3, 0.4) is 0 Å². The molecule has 1 atom stereocenters. The maximum atomic E-state index is 11.2. The van der Waals surface area contributed by atoms with Crippen LogP contribution in [0.15, 0.2) is 0 Å². The van der Waals surface area contributed by atoms with E-state index in [1.54, 1.807) is 0 Å². The first-order valence-electron chi connectivity index (χ1n) is 4.22. The predicted octanol–water partition coefficient (Wildman–Crippen LogP) is 1.01. The summed E-state index contributed by atoms with van der Waals surface area (Å²) in [5, 5.41) is 2.08. The lowest BCUT2D eigenvalue weighted by atomic mass is 10.0. The zero-order valence-electron chi connectivity index (χ0n) is 7.59. The zero-order valence-corrected chi connectivity index (χ0v) is 7.59. The number of primary amides is 1. The molecular weight excluding hydrogens is 156 g/mol. The number of nitrogens with one attached hydrogen (secondary N) is 1. The standard InChI is InChI=1S/C8H16N2O2/c1-3-5-6(4-2)7(11)10-8(9)12/h6H,3-5H2,1-2H3,(H3,9,10,11,12)/t6-/m1/s1. The van der Waals surface area contributed by atoms with Crippen LogP contribution < -0.4 is 11.1 Å². The molecule has 0 aromatic heterocycles. The van der Waals surface area contributed by atoms with E-state index in [2.05, 4.69) is 5.32 Å². The summed E-state index contributed by atoms with van der Waals surface area (Å²) in [5.74, 6) is -0.339. The third-order valence-corrected chi connectivity index (χ3v) is 1.75. The number of nitrogens with two attached hydrogens (primary N) is 1. The van der Waals surface area contributed by atoms with Crippen LogP contribution in [0.1, 0.15) is 33.1 Å². The summed E-state index contributed by atoms with van der Waals surface area (Å²) in [7, 11) is 0. The first-order chi connectivity index (χ1) is 5.61. The van der Waals surface area contributed by atoms with E-state index in [1.165, 1.54) is 0 Å². The molecule has 0 spiro atoms. The molecule has 0 unspecified atom stereocenters. The number of urea groups is 1. The Morgan fingerprint density at radius 2 is 2.00 bits per heavy atom. The number of amides is 3. The lowest BCUT2D eigenvalue weighted by Crippen LogP contribution is -2.38. The lowest BCUT2D eigenvalue weighted by molar-refractivity contribution is -0.124. The van der Waals surface area contributed by atoms with Crippen LogP contribution in [-0.4, -0.2) is 11.9 Å². The highest BCUT2D eigenvalue weighted by Crippen LogP contribution is 2.09. The van der Waals surface area contributed by atoms with Gasteiger partial charge >= 0.3 is 6.03 Å². The van der Waals surface area contributed by atoms with Gasteiger partial charge in [-0.05, 0) is 12.8 Å². The molecule has 3 amide bonds. The molecule has 0 aliphatic heterocycles. The monoisotopic (exact) mass is 172 g/mol. The van der Waals surface area contributed by atoms with E-state index in [-0.39, 0.29) is 11.8 Å². The summed E-state index contributed by atoms with van der Waals surface area (Å²) < 4.78 is 0. The van der Waals surface area contributed by atoms with E-state index in [9.17, 15) is 9.59 Å². The number of imide groups is 1. The van der Waals surface area contributed by atoms with Crippen molar-refractivity contribution in [2.75, 3.05) is 0 Å². The molecule has 0 rings (SSSR count). The molecule has 4 nitrogen and oxygen atoms in total. The number of carbonyl (C=O) groups is 2. The van der Waals surface area contributed by atoms with Gasteiger partial charge in [-0.2, -0.15) is 0 Å². The first kappa shape index (κ1) is 10.9. The highest BCUT2D eigenvalue weighted by atomic mass is 16.2.